The lowest BCUT2D eigenvalue weighted by Crippen LogP contribution is -2.58. The standard InChI is InChI=1S/C31H49N3O5/c1-6-16-32(17-7-2)27(36)24-25-28(37)34(19-12-13-20-35)26(31(25)21-22(4)30(24,5)39-31)29(38)33(18-8-3)23-14-10-9-11-15-23/h6,8,22-26,35H,1,3,7,9-21H2,2,4-5H3/t22?,24-,25-,26?,30+,31?/m0/s1. The second-order valence-corrected chi connectivity index (χ2v) is 12.3. The van der Waals surface area contributed by atoms with E-state index in [9.17, 15) is 19.5 Å². The Morgan fingerprint density at radius 3 is 2.44 bits per heavy atom. The van der Waals surface area contributed by atoms with Crippen LogP contribution in [-0.4, -0.2) is 93.6 Å². The van der Waals surface area contributed by atoms with Crippen LogP contribution in [0.15, 0.2) is 25.3 Å². The van der Waals surface area contributed by atoms with Crippen LogP contribution in [0.4, 0.5) is 0 Å². The van der Waals surface area contributed by atoms with E-state index in [1.54, 1.807) is 22.0 Å². The summed E-state index contributed by atoms with van der Waals surface area (Å²) in [4.78, 5) is 48.6. The molecule has 0 aromatic heterocycles. The molecule has 1 spiro atoms. The first-order valence-electron chi connectivity index (χ1n) is 15.1. The van der Waals surface area contributed by atoms with E-state index in [-0.39, 0.29) is 36.3 Å². The summed E-state index contributed by atoms with van der Waals surface area (Å²) in [6.07, 6.45) is 11.2. The molecule has 218 valence electrons. The third kappa shape index (κ3) is 4.96. The zero-order chi connectivity index (χ0) is 28.4. The van der Waals surface area contributed by atoms with Crippen molar-refractivity contribution in [2.75, 3.05) is 32.8 Å². The van der Waals surface area contributed by atoms with Crippen molar-refractivity contribution in [2.45, 2.75) is 102 Å². The minimum atomic E-state index is -1.04. The monoisotopic (exact) mass is 543 g/mol. The molecule has 1 saturated carbocycles. The van der Waals surface area contributed by atoms with E-state index in [0.717, 1.165) is 32.1 Å². The summed E-state index contributed by atoms with van der Waals surface area (Å²) in [5.74, 6) is -1.65. The third-order valence-corrected chi connectivity index (χ3v) is 9.90. The lowest BCUT2D eigenvalue weighted by Gasteiger charge is -2.41. The molecule has 6 atom stereocenters. The lowest BCUT2D eigenvalue weighted by atomic mass is 9.62. The van der Waals surface area contributed by atoms with E-state index in [2.05, 4.69) is 20.1 Å². The average molecular weight is 544 g/mol. The zero-order valence-electron chi connectivity index (χ0n) is 24.3. The molecule has 0 aromatic rings. The second kappa shape index (κ2) is 12.1. The molecule has 3 saturated heterocycles. The SMILES string of the molecule is C=CCN(CCC)C(=O)[C@@H]1[C@H]2C(=O)N(CCCCO)C(C(=O)N(CC=C)C3CCCCC3)C23CC(C)[C@@]1(C)O3. The molecule has 1 N–H and O–H groups in total. The summed E-state index contributed by atoms with van der Waals surface area (Å²) in [5, 5.41) is 9.45. The molecule has 4 fully saturated rings. The minimum absolute atomic E-state index is 0.0120. The van der Waals surface area contributed by atoms with Crippen molar-refractivity contribution >= 4 is 17.7 Å². The molecular weight excluding hydrogens is 494 g/mol. The number of rotatable bonds is 13. The second-order valence-electron chi connectivity index (χ2n) is 12.3. The van der Waals surface area contributed by atoms with Gasteiger partial charge in [0.05, 0.1) is 17.4 Å². The van der Waals surface area contributed by atoms with Gasteiger partial charge in [-0.2, -0.15) is 0 Å². The van der Waals surface area contributed by atoms with Crippen LogP contribution in [0.3, 0.4) is 0 Å². The van der Waals surface area contributed by atoms with Gasteiger partial charge in [0.1, 0.15) is 11.6 Å². The number of carbonyl (C=O) groups is 3. The number of fused-ring (bicyclic) bond motifs is 1. The normalized spacial score (nSPS) is 33.7. The first-order valence-corrected chi connectivity index (χ1v) is 15.1. The number of likely N-dealkylation sites (tertiary alicyclic amines) is 1. The molecular formula is C31H49N3O5. The van der Waals surface area contributed by atoms with Gasteiger partial charge >= 0.3 is 0 Å². The summed E-state index contributed by atoms with van der Waals surface area (Å²) in [5.41, 5.74) is -1.86. The van der Waals surface area contributed by atoms with Crippen LogP contribution in [0.5, 0.6) is 0 Å². The van der Waals surface area contributed by atoms with Gasteiger partial charge in [-0.15, -0.1) is 13.2 Å². The van der Waals surface area contributed by atoms with Crippen LogP contribution in [0, 0.1) is 17.8 Å². The van der Waals surface area contributed by atoms with E-state index in [0.29, 0.717) is 45.4 Å². The fourth-order valence-corrected chi connectivity index (χ4v) is 8.05. The van der Waals surface area contributed by atoms with Crippen molar-refractivity contribution in [1.82, 2.24) is 14.7 Å². The molecule has 8 heteroatoms. The van der Waals surface area contributed by atoms with Crippen LogP contribution >= 0.6 is 0 Å². The van der Waals surface area contributed by atoms with Gasteiger partial charge in [0.25, 0.3) is 0 Å². The number of nitrogens with zero attached hydrogens (tertiary/aromatic N) is 3. The number of aliphatic hydroxyl groups excluding tert-OH is 1. The van der Waals surface area contributed by atoms with Gasteiger partial charge in [0.2, 0.25) is 17.7 Å². The predicted octanol–water partition coefficient (Wildman–Crippen LogP) is 3.54. The fraction of sp³-hybridized carbons (Fsp3) is 0.774. The van der Waals surface area contributed by atoms with Gasteiger partial charge in [-0.05, 0) is 51.4 Å². The van der Waals surface area contributed by atoms with Crippen molar-refractivity contribution in [1.29, 1.82) is 0 Å². The van der Waals surface area contributed by atoms with Crippen molar-refractivity contribution < 1.29 is 24.2 Å². The van der Waals surface area contributed by atoms with E-state index < -0.39 is 29.1 Å². The van der Waals surface area contributed by atoms with Gasteiger partial charge in [-0.25, -0.2) is 0 Å². The Morgan fingerprint density at radius 2 is 1.82 bits per heavy atom. The van der Waals surface area contributed by atoms with E-state index in [4.69, 9.17) is 4.74 Å². The molecule has 3 heterocycles. The summed E-state index contributed by atoms with van der Waals surface area (Å²) in [6, 6.07) is -0.664. The molecule has 4 aliphatic rings. The zero-order valence-corrected chi connectivity index (χ0v) is 24.3. The summed E-state index contributed by atoms with van der Waals surface area (Å²) in [6.45, 7) is 15.7. The highest BCUT2D eigenvalue weighted by atomic mass is 16.5. The molecule has 1 aliphatic carbocycles. The van der Waals surface area contributed by atoms with E-state index in [1.807, 2.05) is 18.7 Å². The van der Waals surface area contributed by atoms with Gasteiger partial charge in [0.15, 0.2) is 0 Å². The number of ether oxygens (including phenoxy) is 1. The quantitative estimate of drug-likeness (QED) is 0.284. The highest BCUT2D eigenvalue weighted by molar-refractivity contribution is 5.99. The third-order valence-electron chi connectivity index (χ3n) is 9.90. The Labute approximate surface area is 234 Å². The van der Waals surface area contributed by atoms with Crippen LogP contribution < -0.4 is 0 Å². The average Bonchev–Trinajstić information content (AvgIpc) is 3.43. The first kappa shape index (κ1) is 29.8. The Hall–Kier alpha value is -2.19. The maximum atomic E-state index is 14.6. The van der Waals surface area contributed by atoms with Gasteiger partial charge in [-0.1, -0.05) is 45.3 Å². The summed E-state index contributed by atoms with van der Waals surface area (Å²) < 4.78 is 6.92. The molecule has 0 radical (unpaired) electrons. The number of amides is 3. The predicted molar refractivity (Wildman–Crippen MR) is 151 cm³/mol. The number of hydrogen-bond acceptors (Lipinski definition) is 5. The van der Waals surface area contributed by atoms with Crippen LogP contribution in [-0.2, 0) is 19.1 Å². The van der Waals surface area contributed by atoms with Gasteiger partial charge < -0.3 is 24.5 Å². The molecule has 3 unspecified atom stereocenters. The maximum absolute atomic E-state index is 14.6. The van der Waals surface area contributed by atoms with Crippen molar-refractivity contribution in [3.8, 4) is 0 Å². The Balaban J connectivity index is 1.77. The smallest absolute Gasteiger partial charge is 0.248 e. The number of aliphatic hydroxyl groups is 1. The van der Waals surface area contributed by atoms with E-state index in [1.165, 1.54) is 6.42 Å². The number of carbonyl (C=O) groups excluding carboxylic acids is 3. The largest absolute Gasteiger partial charge is 0.396 e. The molecule has 3 amide bonds. The highest BCUT2D eigenvalue weighted by Crippen LogP contribution is 2.65. The summed E-state index contributed by atoms with van der Waals surface area (Å²) >= 11 is 0. The van der Waals surface area contributed by atoms with Crippen LogP contribution in [0.1, 0.15) is 78.6 Å². The summed E-state index contributed by atoms with van der Waals surface area (Å²) in [7, 11) is 0. The van der Waals surface area contributed by atoms with E-state index >= 15 is 0 Å². The Kier molecular flexibility index (Phi) is 9.26. The Morgan fingerprint density at radius 1 is 1.13 bits per heavy atom. The molecule has 0 aromatic carbocycles. The highest BCUT2D eigenvalue weighted by Gasteiger charge is 2.80. The van der Waals surface area contributed by atoms with Gasteiger partial charge in [-0.3, -0.25) is 14.4 Å². The molecule has 2 bridgehead atoms. The van der Waals surface area contributed by atoms with Gasteiger partial charge in [0, 0.05) is 38.8 Å². The topological polar surface area (TPSA) is 90.4 Å². The van der Waals surface area contributed by atoms with Crippen molar-refractivity contribution in [2.24, 2.45) is 17.8 Å². The lowest BCUT2D eigenvalue weighted by molar-refractivity contribution is -0.156. The Bertz CT molecular complexity index is 949. The van der Waals surface area contributed by atoms with Crippen LogP contribution in [0.2, 0.25) is 0 Å². The first-order chi connectivity index (χ1) is 18.7. The number of unbranched alkanes of at least 4 members (excludes halogenated alkanes) is 1. The molecule has 3 aliphatic heterocycles. The fourth-order valence-electron chi connectivity index (χ4n) is 8.05. The van der Waals surface area contributed by atoms with Crippen LogP contribution in [0.25, 0.3) is 0 Å². The molecule has 39 heavy (non-hydrogen) atoms. The van der Waals surface area contributed by atoms with Crippen molar-refractivity contribution in [3.63, 3.8) is 0 Å². The molecule has 8 nitrogen and oxygen atoms in total. The minimum Gasteiger partial charge on any atom is -0.396 e. The molecule has 4 rings (SSSR count). The maximum Gasteiger partial charge on any atom is 0.248 e. The number of hydrogen-bond donors (Lipinski definition) is 1. The van der Waals surface area contributed by atoms with Crippen molar-refractivity contribution in [3.05, 3.63) is 25.3 Å².